The van der Waals surface area contributed by atoms with E-state index in [-0.39, 0.29) is 0 Å². The Hall–Kier alpha value is -0.160. The molecule has 4 nitrogen and oxygen atoms in total. The molecule has 1 atom stereocenters. The summed E-state index contributed by atoms with van der Waals surface area (Å²) in [6.45, 7) is 12.5. The third-order valence-electron chi connectivity index (χ3n) is 4.08. The van der Waals surface area contributed by atoms with E-state index in [0.717, 1.165) is 32.8 Å². The lowest BCUT2D eigenvalue weighted by molar-refractivity contribution is 0.0340. The van der Waals surface area contributed by atoms with Crippen molar-refractivity contribution in [2.45, 2.75) is 13.3 Å². The van der Waals surface area contributed by atoms with Crippen molar-refractivity contribution in [3.8, 4) is 0 Å². The van der Waals surface area contributed by atoms with Crippen molar-refractivity contribution in [1.82, 2.24) is 15.1 Å². The number of nitrogens with zero attached hydrogens (tertiary/aromatic N) is 2. The van der Waals surface area contributed by atoms with Crippen molar-refractivity contribution < 1.29 is 4.74 Å². The topological polar surface area (TPSA) is 27.7 Å². The van der Waals surface area contributed by atoms with Gasteiger partial charge in [-0.2, -0.15) is 0 Å². The van der Waals surface area contributed by atoms with Crippen LogP contribution in [0.5, 0.6) is 0 Å². The van der Waals surface area contributed by atoms with Crippen LogP contribution in [0.3, 0.4) is 0 Å². The average Bonchev–Trinajstić information content (AvgIpc) is 2.70. The number of ether oxygens (including phenoxy) is 1. The van der Waals surface area contributed by atoms with Crippen LogP contribution in [-0.4, -0.2) is 75.9 Å². The number of hydrogen-bond donors (Lipinski definition) is 1. The van der Waals surface area contributed by atoms with Crippen LogP contribution >= 0.6 is 0 Å². The van der Waals surface area contributed by atoms with E-state index >= 15 is 0 Å². The molecule has 2 fully saturated rings. The second-order valence-corrected chi connectivity index (χ2v) is 5.82. The van der Waals surface area contributed by atoms with Crippen molar-refractivity contribution in [3.05, 3.63) is 0 Å². The normalized spacial score (nSPS) is 32.1. The van der Waals surface area contributed by atoms with Gasteiger partial charge in [-0.25, -0.2) is 0 Å². The Kier molecular flexibility index (Phi) is 4.79. The van der Waals surface area contributed by atoms with Gasteiger partial charge in [0.1, 0.15) is 0 Å². The van der Waals surface area contributed by atoms with Crippen LogP contribution in [0.2, 0.25) is 0 Å². The summed E-state index contributed by atoms with van der Waals surface area (Å²) in [6, 6.07) is 0. The fourth-order valence-corrected chi connectivity index (χ4v) is 3.00. The molecule has 0 aliphatic carbocycles. The van der Waals surface area contributed by atoms with Crippen LogP contribution < -0.4 is 5.32 Å². The summed E-state index contributed by atoms with van der Waals surface area (Å²) in [5, 5.41) is 3.32. The first-order valence-electron chi connectivity index (χ1n) is 6.89. The third-order valence-corrected chi connectivity index (χ3v) is 4.08. The Labute approximate surface area is 105 Å². The van der Waals surface area contributed by atoms with E-state index in [0.29, 0.717) is 5.41 Å². The van der Waals surface area contributed by atoms with Gasteiger partial charge in [0.05, 0.1) is 13.2 Å². The quantitative estimate of drug-likeness (QED) is 0.747. The van der Waals surface area contributed by atoms with Crippen LogP contribution in [0.15, 0.2) is 0 Å². The minimum absolute atomic E-state index is 0.486. The molecule has 0 aromatic heterocycles. The van der Waals surface area contributed by atoms with E-state index in [1.807, 2.05) is 0 Å². The van der Waals surface area contributed by atoms with Gasteiger partial charge in [0, 0.05) is 39.3 Å². The molecule has 2 saturated heterocycles. The molecule has 0 amide bonds. The zero-order valence-corrected chi connectivity index (χ0v) is 11.4. The van der Waals surface area contributed by atoms with Gasteiger partial charge in [-0.05, 0) is 25.4 Å². The summed E-state index contributed by atoms with van der Waals surface area (Å²) in [6.07, 6.45) is 1.33. The Bertz CT molecular complexity index is 231. The monoisotopic (exact) mass is 241 g/mol. The van der Waals surface area contributed by atoms with Crippen LogP contribution in [0.1, 0.15) is 13.3 Å². The Morgan fingerprint density at radius 2 is 1.82 bits per heavy atom. The highest BCUT2D eigenvalue weighted by Crippen LogP contribution is 2.28. The second-order valence-electron chi connectivity index (χ2n) is 5.82. The molecular weight excluding hydrogens is 214 g/mol. The molecular formula is C13H27N3O. The summed E-state index contributed by atoms with van der Waals surface area (Å²) < 4.78 is 5.37. The second kappa shape index (κ2) is 6.14. The highest BCUT2D eigenvalue weighted by atomic mass is 16.5. The van der Waals surface area contributed by atoms with E-state index in [2.05, 4.69) is 29.1 Å². The molecule has 17 heavy (non-hydrogen) atoms. The largest absolute Gasteiger partial charge is 0.379 e. The fraction of sp³-hybridized carbons (Fsp3) is 1.00. The lowest BCUT2D eigenvalue weighted by atomic mass is 9.90. The van der Waals surface area contributed by atoms with Gasteiger partial charge in [-0.1, -0.05) is 6.92 Å². The molecule has 2 heterocycles. The highest BCUT2D eigenvalue weighted by molar-refractivity contribution is 4.87. The van der Waals surface area contributed by atoms with Crippen LogP contribution in [0.25, 0.3) is 0 Å². The molecule has 2 rings (SSSR count). The van der Waals surface area contributed by atoms with E-state index in [4.69, 9.17) is 4.74 Å². The summed E-state index contributed by atoms with van der Waals surface area (Å²) in [5.74, 6) is 0. The average molecular weight is 241 g/mol. The van der Waals surface area contributed by atoms with Gasteiger partial charge < -0.3 is 15.0 Å². The summed E-state index contributed by atoms with van der Waals surface area (Å²) >= 11 is 0. The lowest BCUT2D eigenvalue weighted by Gasteiger charge is -2.29. The van der Waals surface area contributed by atoms with E-state index in [9.17, 15) is 0 Å². The zero-order valence-electron chi connectivity index (χ0n) is 11.4. The number of rotatable bonds is 5. The molecule has 2 aliphatic rings. The number of likely N-dealkylation sites (tertiary alicyclic amines) is 1. The minimum atomic E-state index is 0.486. The van der Waals surface area contributed by atoms with Crippen LogP contribution in [0.4, 0.5) is 0 Å². The Balaban J connectivity index is 1.67. The molecule has 0 aromatic rings. The minimum Gasteiger partial charge on any atom is -0.379 e. The number of nitrogens with one attached hydrogen (secondary N) is 1. The predicted octanol–water partition coefficient (Wildman–Crippen LogP) is 0.250. The summed E-state index contributed by atoms with van der Waals surface area (Å²) in [5.41, 5.74) is 0.486. The molecule has 1 N–H and O–H groups in total. The van der Waals surface area contributed by atoms with Gasteiger partial charge in [0.2, 0.25) is 0 Å². The fourth-order valence-electron chi connectivity index (χ4n) is 3.00. The summed E-state index contributed by atoms with van der Waals surface area (Å²) in [7, 11) is 2.06. The van der Waals surface area contributed by atoms with E-state index < -0.39 is 0 Å². The van der Waals surface area contributed by atoms with Crippen molar-refractivity contribution in [3.63, 3.8) is 0 Å². The third kappa shape index (κ3) is 3.91. The van der Waals surface area contributed by atoms with E-state index in [1.54, 1.807) is 0 Å². The standard InChI is InChI=1S/C13H27N3O/c1-13(11-14-2)3-4-16(12-13)6-5-15-7-9-17-10-8-15/h14H,3-12H2,1-2H3. The van der Waals surface area contributed by atoms with Crippen molar-refractivity contribution in [2.24, 2.45) is 5.41 Å². The molecule has 0 spiro atoms. The molecule has 2 aliphatic heterocycles. The van der Waals surface area contributed by atoms with Crippen molar-refractivity contribution in [1.29, 1.82) is 0 Å². The van der Waals surface area contributed by atoms with Gasteiger partial charge >= 0.3 is 0 Å². The first-order valence-corrected chi connectivity index (χ1v) is 6.89. The maximum atomic E-state index is 5.37. The van der Waals surface area contributed by atoms with Gasteiger partial charge in [-0.3, -0.25) is 4.90 Å². The Morgan fingerprint density at radius 1 is 1.12 bits per heavy atom. The predicted molar refractivity (Wildman–Crippen MR) is 70.3 cm³/mol. The van der Waals surface area contributed by atoms with Gasteiger partial charge in [-0.15, -0.1) is 0 Å². The maximum absolute atomic E-state index is 5.37. The summed E-state index contributed by atoms with van der Waals surface area (Å²) in [4.78, 5) is 5.14. The Morgan fingerprint density at radius 3 is 2.53 bits per heavy atom. The highest BCUT2D eigenvalue weighted by Gasteiger charge is 2.32. The van der Waals surface area contributed by atoms with E-state index in [1.165, 1.54) is 32.6 Å². The molecule has 0 bridgehead atoms. The van der Waals surface area contributed by atoms with Crippen LogP contribution in [0, 0.1) is 5.41 Å². The molecule has 0 saturated carbocycles. The molecule has 4 heteroatoms. The van der Waals surface area contributed by atoms with Crippen LogP contribution in [-0.2, 0) is 4.74 Å². The lowest BCUT2D eigenvalue weighted by Crippen LogP contribution is -2.41. The van der Waals surface area contributed by atoms with Crippen molar-refractivity contribution >= 4 is 0 Å². The number of morpholine rings is 1. The zero-order chi connectivity index (χ0) is 12.1. The molecule has 0 aromatic carbocycles. The molecule has 0 radical (unpaired) electrons. The van der Waals surface area contributed by atoms with Gasteiger partial charge in [0.15, 0.2) is 0 Å². The first-order chi connectivity index (χ1) is 8.22. The number of hydrogen-bond acceptors (Lipinski definition) is 4. The first kappa shape index (κ1) is 13.3. The maximum Gasteiger partial charge on any atom is 0.0594 e. The SMILES string of the molecule is CNCC1(C)CCN(CCN2CCOCC2)C1. The molecule has 100 valence electrons. The smallest absolute Gasteiger partial charge is 0.0594 e. The van der Waals surface area contributed by atoms with Crippen molar-refractivity contribution in [2.75, 3.05) is 66.1 Å². The van der Waals surface area contributed by atoms with Gasteiger partial charge in [0.25, 0.3) is 0 Å². The molecule has 1 unspecified atom stereocenters.